The van der Waals surface area contributed by atoms with E-state index in [0.717, 1.165) is 45.1 Å². The maximum absolute atomic E-state index is 12.1. The minimum Gasteiger partial charge on any atom is -0.352 e. The highest BCUT2D eigenvalue weighted by molar-refractivity contribution is 5.81. The lowest BCUT2D eigenvalue weighted by Gasteiger charge is -2.34. The van der Waals surface area contributed by atoms with Crippen molar-refractivity contribution in [1.82, 2.24) is 10.2 Å². The van der Waals surface area contributed by atoms with Crippen LogP contribution in [0.25, 0.3) is 0 Å². The van der Waals surface area contributed by atoms with E-state index in [1.54, 1.807) is 0 Å². The molecule has 18 heavy (non-hydrogen) atoms. The van der Waals surface area contributed by atoms with Gasteiger partial charge in [0.2, 0.25) is 5.91 Å². The predicted molar refractivity (Wildman–Crippen MR) is 70.2 cm³/mol. The first-order valence-corrected chi connectivity index (χ1v) is 7.20. The lowest BCUT2D eigenvalue weighted by Crippen LogP contribution is -2.50. The largest absolute Gasteiger partial charge is 0.352 e. The number of nitrogens with zero attached hydrogens (tertiary/aromatic N) is 1. The van der Waals surface area contributed by atoms with E-state index in [4.69, 9.17) is 0 Å². The van der Waals surface area contributed by atoms with Gasteiger partial charge in [-0.15, -0.1) is 0 Å². The average molecular weight is 252 g/mol. The third-order valence-corrected chi connectivity index (χ3v) is 4.40. The summed E-state index contributed by atoms with van der Waals surface area (Å²) in [5.74, 6) is 0.359. The van der Waals surface area contributed by atoms with Crippen molar-refractivity contribution < 1.29 is 9.59 Å². The van der Waals surface area contributed by atoms with Crippen LogP contribution in [0.5, 0.6) is 0 Å². The van der Waals surface area contributed by atoms with Gasteiger partial charge in [-0.1, -0.05) is 12.8 Å². The van der Waals surface area contributed by atoms with Crippen LogP contribution in [0.2, 0.25) is 0 Å². The first-order valence-electron chi connectivity index (χ1n) is 7.20. The smallest absolute Gasteiger partial charge is 0.237 e. The van der Waals surface area contributed by atoms with E-state index in [9.17, 15) is 9.59 Å². The Balaban J connectivity index is 1.77. The van der Waals surface area contributed by atoms with Crippen molar-refractivity contribution in [2.24, 2.45) is 5.92 Å². The molecule has 1 aliphatic carbocycles. The molecule has 0 radical (unpaired) electrons. The molecule has 0 aromatic heterocycles. The van der Waals surface area contributed by atoms with Gasteiger partial charge in [0.1, 0.15) is 6.29 Å². The number of piperidine rings is 1. The third kappa shape index (κ3) is 3.31. The highest BCUT2D eigenvalue weighted by Gasteiger charge is 2.28. The Bertz CT molecular complexity index is 292. The summed E-state index contributed by atoms with van der Waals surface area (Å²) in [6.45, 7) is 3.71. The predicted octanol–water partition coefficient (Wildman–Crippen LogP) is 1.34. The lowest BCUT2D eigenvalue weighted by molar-refractivity contribution is -0.127. The topological polar surface area (TPSA) is 49.4 Å². The third-order valence-electron chi connectivity index (χ3n) is 4.40. The molecule has 0 aromatic carbocycles. The zero-order valence-electron chi connectivity index (χ0n) is 11.2. The number of aldehydes is 1. The second-order valence-electron chi connectivity index (χ2n) is 5.68. The first kappa shape index (κ1) is 13.5. The molecule has 4 heteroatoms. The Kier molecular flexibility index (Phi) is 4.75. The Hall–Kier alpha value is -0.900. The molecule has 0 aromatic rings. The fraction of sp³-hybridized carbons (Fsp3) is 0.857. The van der Waals surface area contributed by atoms with E-state index in [1.165, 1.54) is 12.8 Å². The van der Waals surface area contributed by atoms with E-state index in [2.05, 4.69) is 10.2 Å². The monoisotopic (exact) mass is 252 g/mol. The maximum atomic E-state index is 12.1. The molecule has 102 valence electrons. The zero-order valence-corrected chi connectivity index (χ0v) is 11.2. The second-order valence-corrected chi connectivity index (χ2v) is 5.68. The molecule has 1 aliphatic heterocycles. The van der Waals surface area contributed by atoms with Gasteiger partial charge in [0.25, 0.3) is 0 Å². The normalized spacial score (nSPS) is 24.9. The fourth-order valence-electron chi connectivity index (χ4n) is 3.00. The molecule has 4 nitrogen and oxygen atoms in total. The number of likely N-dealkylation sites (tertiary alicyclic amines) is 1. The Morgan fingerprint density at radius 1 is 1.22 bits per heavy atom. The number of hydrogen-bond acceptors (Lipinski definition) is 3. The SMILES string of the molecule is CC(C(=O)NC1CCCC1)N1CCC(C=O)CC1. The minimum absolute atomic E-state index is 0.0572. The highest BCUT2D eigenvalue weighted by Crippen LogP contribution is 2.19. The van der Waals surface area contributed by atoms with Gasteiger partial charge in [-0.3, -0.25) is 9.69 Å². The van der Waals surface area contributed by atoms with Crippen LogP contribution < -0.4 is 5.32 Å². The van der Waals surface area contributed by atoms with Crippen LogP contribution in [0.15, 0.2) is 0 Å². The van der Waals surface area contributed by atoms with Gasteiger partial charge in [0.05, 0.1) is 6.04 Å². The average Bonchev–Trinajstić information content (AvgIpc) is 2.91. The van der Waals surface area contributed by atoms with Crippen LogP contribution in [-0.4, -0.2) is 42.3 Å². The molecule has 2 rings (SSSR count). The summed E-state index contributed by atoms with van der Waals surface area (Å²) in [7, 11) is 0. The van der Waals surface area contributed by atoms with Crippen LogP contribution >= 0.6 is 0 Å². The van der Waals surface area contributed by atoms with Gasteiger partial charge >= 0.3 is 0 Å². The molecule has 1 amide bonds. The Morgan fingerprint density at radius 3 is 2.39 bits per heavy atom. The summed E-state index contributed by atoms with van der Waals surface area (Å²) in [5.41, 5.74) is 0. The molecule has 1 heterocycles. The van der Waals surface area contributed by atoms with Crippen LogP contribution in [0.4, 0.5) is 0 Å². The Labute approximate surface area is 109 Å². The number of carbonyl (C=O) groups excluding carboxylic acids is 2. The van der Waals surface area contributed by atoms with Gasteiger partial charge in [-0.25, -0.2) is 0 Å². The number of hydrogen-bond donors (Lipinski definition) is 1. The van der Waals surface area contributed by atoms with Crippen molar-refractivity contribution in [3.05, 3.63) is 0 Å². The fourth-order valence-corrected chi connectivity index (χ4v) is 3.00. The summed E-state index contributed by atoms with van der Waals surface area (Å²) in [5, 5.41) is 3.15. The zero-order chi connectivity index (χ0) is 13.0. The maximum Gasteiger partial charge on any atom is 0.237 e. The summed E-state index contributed by atoms with van der Waals surface area (Å²) in [6, 6.07) is 0.339. The van der Waals surface area contributed by atoms with Crippen LogP contribution in [0.3, 0.4) is 0 Å². The molecule has 2 fully saturated rings. The summed E-state index contributed by atoms with van der Waals surface area (Å²) in [6.07, 6.45) is 7.58. The molecule has 1 saturated heterocycles. The van der Waals surface area contributed by atoms with Gasteiger partial charge < -0.3 is 10.1 Å². The van der Waals surface area contributed by atoms with Gasteiger partial charge in [0.15, 0.2) is 0 Å². The van der Waals surface area contributed by atoms with E-state index in [-0.39, 0.29) is 17.9 Å². The van der Waals surface area contributed by atoms with Crippen molar-refractivity contribution in [3.63, 3.8) is 0 Å². The molecule has 1 N–H and O–H groups in total. The molecule has 0 bridgehead atoms. The molecule has 0 spiro atoms. The number of amides is 1. The second kappa shape index (κ2) is 6.32. The molecular formula is C14H24N2O2. The number of nitrogens with one attached hydrogen (secondary N) is 1. The number of rotatable bonds is 4. The van der Waals surface area contributed by atoms with Crippen molar-refractivity contribution in [2.45, 2.75) is 57.5 Å². The summed E-state index contributed by atoms with van der Waals surface area (Å²) in [4.78, 5) is 25.0. The van der Waals surface area contributed by atoms with Crippen molar-refractivity contribution >= 4 is 12.2 Å². The van der Waals surface area contributed by atoms with Crippen molar-refractivity contribution in [1.29, 1.82) is 0 Å². The van der Waals surface area contributed by atoms with Gasteiger partial charge in [-0.2, -0.15) is 0 Å². The van der Waals surface area contributed by atoms with Crippen LogP contribution in [0.1, 0.15) is 45.4 Å². The van der Waals surface area contributed by atoms with E-state index in [0.29, 0.717) is 6.04 Å². The first-order chi connectivity index (χ1) is 8.70. The van der Waals surface area contributed by atoms with E-state index in [1.807, 2.05) is 6.92 Å². The Morgan fingerprint density at radius 2 is 1.83 bits per heavy atom. The minimum atomic E-state index is -0.0572. The molecule has 1 saturated carbocycles. The number of carbonyl (C=O) groups is 2. The molecule has 2 aliphatic rings. The lowest BCUT2D eigenvalue weighted by atomic mass is 9.97. The van der Waals surface area contributed by atoms with Crippen LogP contribution in [-0.2, 0) is 9.59 Å². The quantitative estimate of drug-likeness (QED) is 0.768. The summed E-state index contributed by atoms with van der Waals surface area (Å²) < 4.78 is 0. The van der Waals surface area contributed by atoms with Gasteiger partial charge in [0, 0.05) is 12.0 Å². The highest BCUT2D eigenvalue weighted by atomic mass is 16.2. The standard InChI is InChI=1S/C14H24N2O2/c1-11(14(18)15-13-4-2-3-5-13)16-8-6-12(10-17)7-9-16/h10-13H,2-9H2,1H3,(H,15,18). The summed E-state index contributed by atoms with van der Waals surface area (Å²) >= 11 is 0. The van der Waals surface area contributed by atoms with Crippen molar-refractivity contribution in [3.8, 4) is 0 Å². The molecule has 1 unspecified atom stereocenters. The van der Waals surface area contributed by atoms with Crippen LogP contribution in [0, 0.1) is 5.92 Å². The van der Waals surface area contributed by atoms with Crippen molar-refractivity contribution in [2.75, 3.05) is 13.1 Å². The van der Waals surface area contributed by atoms with E-state index < -0.39 is 0 Å². The molecular weight excluding hydrogens is 228 g/mol. The van der Waals surface area contributed by atoms with Gasteiger partial charge in [-0.05, 0) is 45.7 Å². The molecule has 1 atom stereocenters. The van der Waals surface area contributed by atoms with E-state index >= 15 is 0 Å².